The Labute approximate surface area is 124 Å². The Morgan fingerprint density at radius 1 is 1.40 bits per heavy atom. The fourth-order valence-corrected chi connectivity index (χ4v) is 2.76. The zero-order valence-electron chi connectivity index (χ0n) is 13.5. The van der Waals surface area contributed by atoms with E-state index in [0.29, 0.717) is 6.10 Å². The van der Waals surface area contributed by atoms with E-state index in [9.17, 15) is 5.26 Å². The van der Waals surface area contributed by atoms with Gasteiger partial charge in [-0.3, -0.25) is 10.2 Å². The summed E-state index contributed by atoms with van der Waals surface area (Å²) >= 11 is 0. The smallest absolute Gasteiger partial charge is 0.106 e. The van der Waals surface area contributed by atoms with Crippen molar-refractivity contribution in [1.29, 1.82) is 5.26 Å². The Morgan fingerprint density at radius 2 is 2.20 bits per heavy atom. The Hall–Kier alpha value is -0.630. The minimum Gasteiger partial charge on any atom is -0.376 e. The van der Waals surface area contributed by atoms with Crippen LogP contribution in [0.25, 0.3) is 0 Å². The molecule has 2 atom stereocenters. The topological polar surface area (TPSA) is 48.3 Å². The lowest BCUT2D eigenvalue weighted by molar-refractivity contribution is -0.0302. The number of hydrogen-bond acceptors (Lipinski definition) is 4. The summed E-state index contributed by atoms with van der Waals surface area (Å²) in [6.45, 7) is 11.4. The van der Waals surface area contributed by atoms with E-state index in [0.717, 1.165) is 64.9 Å². The fourth-order valence-electron chi connectivity index (χ4n) is 2.76. The van der Waals surface area contributed by atoms with Crippen molar-refractivity contribution in [2.24, 2.45) is 0 Å². The van der Waals surface area contributed by atoms with Crippen molar-refractivity contribution >= 4 is 0 Å². The molecule has 0 aromatic heterocycles. The average Bonchev–Trinajstić information content (AvgIpc) is 2.51. The standard InChI is InChI=1S/C16H31N3O/c1-4-9-18-16(6-3,14-17)8-7-10-19-11-12-20-15(5-2)13-19/h15,18H,4-13H2,1-3H3. The lowest BCUT2D eigenvalue weighted by Crippen LogP contribution is -2.46. The molecule has 0 aromatic rings. The molecule has 0 bridgehead atoms. The maximum absolute atomic E-state index is 9.47. The van der Waals surface area contributed by atoms with Gasteiger partial charge in [-0.2, -0.15) is 5.26 Å². The summed E-state index contributed by atoms with van der Waals surface area (Å²) in [5.74, 6) is 0. The molecule has 2 unspecified atom stereocenters. The first-order valence-electron chi connectivity index (χ1n) is 8.20. The predicted octanol–water partition coefficient (Wildman–Crippen LogP) is 2.55. The van der Waals surface area contributed by atoms with Crippen molar-refractivity contribution in [2.45, 2.75) is 64.5 Å². The van der Waals surface area contributed by atoms with Crippen molar-refractivity contribution in [3.63, 3.8) is 0 Å². The van der Waals surface area contributed by atoms with Crippen LogP contribution in [0.5, 0.6) is 0 Å². The highest BCUT2D eigenvalue weighted by atomic mass is 16.5. The Kier molecular flexibility index (Phi) is 8.13. The second kappa shape index (κ2) is 9.33. The molecule has 1 saturated heterocycles. The number of ether oxygens (including phenoxy) is 1. The van der Waals surface area contributed by atoms with E-state index in [1.807, 2.05) is 0 Å². The Morgan fingerprint density at radius 3 is 2.80 bits per heavy atom. The third-order valence-electron chi connectivity index (χ3n) is 4.29. The van der Waals surface area contributed by atoms with Gasteiger partial charge in [0.25, 0.3) is 0 Å². The second-order valence-electron chi connectivity index (χ2n) is 5.78. The zero-order chi connectivity index (χ0) is 14.8. The number of nitrogens with one attached hydrogen (secondary N) is 1. The third kappa shape index (κ3) is 5.40. The third-order valence-corrected chi connectivity index (χ3v) is 4.29. The molecule has 0 aromatic carbocycles. The SMILES string of the molecule is CCCNC(C#N)(CC)CCCN1CCOC(CC)C1. The van der Waals surface area contributed by atoms with Gasteiger partial charge in [0.2, 0.25) is 0 Å². The van der Waals surface area contributed by atoms with Crippen molar-refractivity contribution < 1.29 is 4.74 Å². The Balaban J connectivity index is 2.34. The monoisotopic (exact) mass is 281 g/mol. The van der Waals surface area contributed by atoms with Crippen LogP contribution in [-0.2, 0) is 4.74 Å². The quantitative estimate of drug-likeness (QED) is 0.705. The van der Waals surface area contributed by atoms with E-state index < -0.39 is 0 Å². The molecule has 4 nitrogen and oxygen atoms in total. The van der Waals surface area contributed by atoms with E-state index in [1.165, 1.54) is 0 Å². The van der Waals surface area contributed by atoms with Crippen molar-refractivity contribution in [1.82, 2.24) is 10.2 Å². The van der Waals surface area contributed by atoms with Crippen LogP contribution in [0.1, 0.15) is 52.9 Å². The Bertz CT molecular complexity index is 303. The summed E-state index contributed by atoms with van der Waals surface area (Å²) in [5, 5.41) is 12.9. The minimum absolute atomic E-state index is 0.327. The molecule has 0 spiro atoms. The maximum Gasteiger partial charge on any atom is 0.106 e. The molecule has 1 heterocycles. The zero-order valence-corrected chi connectivity index (χ0v) is 13.5. The molecule has 0 saturated carbocycles. The first-order chi connectivity index (χ1) is 9.69. The average molecular weight is 281 g/mol. The number of nitrogens with zero attached hydrogens (tertiary/aromatic N) is 2. The molecule has 0 aliphatic carbocycles. The molecule has 0 amide bonds. The van der Waals surface area contributed by atoms with Gasteiger partial charge in [-0.1, -0.05) is 20.8 Å². The van der Waals surface area contributed by atoms with Gasteiger partial charge in [0.05, 0.1) is 18.8 Å². The summed E-state index contributed by atoms with van der Waals surface area (Å²) in [7, 11) is 0. The van der Waals surface area contributed by atoms with E-state index >= 15 is 0 Å². The summed E-state index contributed by atoms with van der Waals surface area (Å²) in [6.07, 6.45) is 5.46. The highest BCUT2D eigenvalue weighted by Gasteiger charge is 2.27. The molecule has 116 valence electrons. The normalized spacial score (nSPS) is 23.2. The fraction of sp³-hybridized carbons (Fsp3) is 0.938. The van der Waals surface area contributed by atoms with Crippen LogP contribution in [0.3, 0.4) is 0 Å². The van der Waals surface area contributed by atoms with Crippen LogP contribution in [-0.4, -0.2) is 49.3 Å². The molecule has 20 heavy (non-hydrogen) atoms. The van der Waals surface area contributed by atoms with E-state index in [1.54, 1.807) is 0 Å². The van der Waals surface area contributed by atoms with E-state index in [2.05, 4.69) is 37.1 Å². The molecular weight excluding hydrogens is 250 g/mol. The van der Waals surface area contributed by atoms with Crippen LogP contribution >= 0.6 is 0 Å². The van der Waals surface area contributed by atoms with Crippen LogP contribution in [0.2, 0.25) is 0 Å². The maximum atomic E-state index is 9.47. The summed E-state index contributed by atoms with van der Waals surface area (Å²) in [6, 6.07) is 2.50. The molecule has 4 heteroatoms. The number of morpholine rings is 1. The van der Waals surface area contributed by atoms with Crippen LogP contribution in [0.4, 0.5) is 0 Å². The number of nitriles is 1. The van der Waals surface area contributed by atoms with Gasteiger partial charge in [0.1, 0.15) is 5.54 Å². The number of hydrogen-bond donors (Lipinski definition) is 1. The molecule has 1 aliphatic heterocycles. The summed E-state index contributed by atoms with van der Waals surface area (Å²) < 4.78 is 5.69. The molecule has 1 N–H and O–H groups in total. The lowest BCUT2D eigenvalue weighted by Gasteiger charge is -2.33. The van der Waals surface area contributed by atoms with Crippen molar-refractivity contribution in [2.75, 3.05) is 32.8 Å². The van der Waals surface area contributed by atoms with Crippen LogP contribution < -0.4 is 5.32 Å². The van der Waals surface area contributed by atoms with Gasteiger partial charge in [-0.15, -0.1) is 0 Å². The molecule has 1 fully saturated rings. The molecule has 1 rings (SSSR count). The molecular formula is C16H31N3O. The van der Waals surface area contributed by atoms with Crippen LogP contribution in [0, 0.1) is 11.3 Å². The number of rotatable bonds is 9. The van der Waals surface area contributed by atoms with Crippen molar-refractivity contribution in [3.05, 3.63) is 0 Å². The minimum atomic E-state index is -0.327. The van der Waals surface area contributed by atoms with Crippen molar-refractivity contribution in [3.8, 4) is 6.07 Å². The first kappa shape index (κ1) is 17.4. The van der Waals surface area contributed by atoms with Gasteiger partial charge in [-0.05, 0) is 45.2 Å². The second-order valence-corrected chi connectivity index (χ2v) is 5.78. The van der Waals surface area contributed by atoms with Gasteiger partial charge in [0.15, 0.2) is 0 Å². The van der Waals surface area contributed by atoms with Crippen LogP contribution in [0.15, 0.2) is 0 Å². The summed E-state index contributed by atoms with van der Waals surface area (Å²) in [5.41, 5.74) is -0.327. The summed E-state index contributed by atoms with van der Waals surface area (Å²) in [4.78, 5) is 2.48. The highest BCUT2D eigenvalue weighted by molar-refractivity contribution is 5.06. The first-order valence-corrected chi connectivity index (χ1v) is 8.20. The van der Waals surface area contributed by atoms with Gasteiger partial charge >= 0.3 is 0 Å². The molecule has 1 aliphatic rings. The van der Waals surface area contributed by atoms with Gasteiger partial charge in [0, 0.05) is 13.1 Å². The van der Waals surface area contributed by atoms with Gasteiger partial charge < -0.3 is 4.74 Å². The lowest BCUT2D eigenvalue weighted by atomic mass is 9.91. The van der Waals surface area contributed by atoms with E-state index in [-0.39, 0.29) is 5.54 Å². The van der Waals surface area contributed by atoms with Gasteiger partial charge in [-0.25, -0.2) is 0 Å². The highest BCUT2D eigenvalue weighted by Crippen LogP contribution is 2.18. The van der Waals surface area contributed by atoms with E-state index in [4.69, 9.17) is 4.74 Å². The molecule has 0 radical (unpaired) electrons. The predicted molar refractivity (Wildman–Crippen MR) is 82.6 cm³/mol. The largest absolute Gasteiger partial charge is 0.376 e.